The van der Waals surface area contributed by atoms with Crippen molar-refractivity contribution >= 4 is 16.6 Å². The monoisotopic (exact) mass is 422 g/mol. The molecule has 1 atom stereocenters. The maximum atomic E-state index is 12.2. The average Bonchev–Trinajstić information content (AvgIpc) is 3.31. The van der Waals surface area contributed by atoms with Crippen molar-refractivity contribution in [3.05, 3.63) is 52.7 Å². The number of rotatable bonds is 5. The van der Waals surface area contributed by atoms with E-state index in [1.807, 2.05) is 12.1 Å². The highest BCUT2D eigenvalue weighted by atomic mass is 16.5. The average molecular weight is 422 g/mol. The zero-order valence-corrected chi connectivity index (χ0v) is 17.6. The van der Waals surface area contributed by atoms with Crippen LogP contribution >= 0.6 is 0 Å². The number of piperazine rings is 1. The summed E-state index contributed by atoms with van der Waals surface area (Å²) in [5.74, 6) is 0.620. The SMILES string of the molecule is Cn1nccc(CN2CCN(c3ccc4ncnc(OC5CCOC5)c4c3)CC2)c1=O. The summed E-state index contributed by atoms with van der Waals surface area (Å²) >= 11 is 0. The fourth-order valence-corrected chi connectivity index (χ4v) is 4.16. The van der Waals surface area contributed by atoms with E-state index < -0.39 is 0 Å². The Bertz CT molecular complexity index is 1120. The number of hydrogen-bond acceptors (Lipinski definition) is 8. The van der Waals surface area contributed by atoms with E-state index in [0.717, 1.165) is 61.4 Å². The van der Waals surface area contributed by atoms with Gasteiger partial charge in [-0.1, -0.05) is 0 Å². The Kier molecular flexibility index (Phi) is 5.52. The van der Waals surface area contributed by atoms with Gasteiger partial charge in [-0.05, 0) is 24.3 Å². The summed E-state index contributed by atoms with van der Waals surface area (Å²) in [7, 11) is 1.69. The Hall–Kier alpha value is -3.04. The second-order valence-corrected chi connectivity index (χ2v) is 8.03. The molecule has 0 radical (unpaired) electrons. The lowest BCUT2D eigenvalue weighted by Crippen LogP contribution is -2.46. The second kappa shape index (κ2) is 8.60. The number of aryl methyl sites for hydroxylation is 1. The van der Waals surface area contributed by atoms with Crippen molar-refractivity contribution < 1.29 is 9.47 Å². The molecule has 1 aromatic carbocycles. The Morgan fingerprint density at radius 2 is 2.03 bits per heavy atom. The van der Waals surface area contributed by atoms with Crippen LogP contribution in [0.15, 0.2) is 41.6 Å². The Morgan fingerprint density at radius 3 is 2.84 bits per heavy atom. The zero-order chi connectivity index (χ0) is 21.2. The molecule has 2 fully saturated rings. The van der Waals surface area contributed by atoms with Crippen molar-refractivity contribution in [1.29, 1.82) is 0 Å². The quantitative estimate of drug-likeness (QED) is 0.607. The van der Waals surface area contributed by atoms with Crippen LogP contribution in [-0.2, 0) is 18.3 Å². The van der Waals surface area contributed by atoms with E-state index in [-0.39, 0.29) is 11.7 Å². The number of hydrogen-bond donors (Lipinski definition) is 0. The summed E-state index contributed by atoms with van der Waals surface area (Å²) in [4.78, 5) is 25.7. The molecule has 31 heavy (non-hydrogen) atoms. The van der Waals surface area contributed by atoms with Gasteiger partial charge in [0.05, 0.1) is 24.1 Å². The largest absolute Gasteiger partial charge is 0.471 e. The van der Waals surface area contributed by atoms with Gasteiger partial charge in [0, 0.05) is 63.6 Å². The minimum Gasteiger partial charge on any atom is -0.471 e. The molecular weight excluding hydrogens is 396 g/mol. The predicted molar refractivity (Wildman–Crippen MR) is 116 cm³/mol. The molecule has 0 amide bonds. The van der Waals surface area contributed by atoms with Gasteiger partial charge in [0.2, 0.25) is 5.88 Å². The lowest BCUT2D eigenvalue weighted by molar-refractivity contribution is 0.139. The molecule has 9 heteroatoms. The first-order valence-electron chi connectivity index (χ1n) is 10.6. The van der Waals surface area contributed by atoms with Crippen LogP contribution in [-0.4, -0.2) is 70.1 Å². The van der Waals surface area contributed by atoms with E-state index in [1.54, 1.807) is 19.6 Å². The van der Waals surface area contributed by atoms with E-state index in [4.69, 9.17) is 9.47 Å². The van der Waals surface area contributed by atoms with Gasteiger partial charge in [-0.15, -0.1) is 0 Å². The van der Waals surface area contributed by atoms with Gasteiger partial charge in [0.25, 0.3) is 5.56 Å². The number of fused-ring (bicyclic) bond motifs is 1. The maximum absolute atomic E-state index is 12.2. The number of nitrogens with zero attached hydrogens (tertiary/aromatic N) is 6. The smallest absolute Gasteiger partial charge is 0.270 e. The molecular formula is C22H26N6O3. The highest BCUT2D eigenvalue weighted by molar-refractivity contribution is 5.86. The van der Waals surface area contributed by atoms with Gasteiger partial charge in [-0.3, -0.25) is 9.69 Å². The predicted octanol–water partition coefficient (Wildman–Crippen LogP) is 1.21. The van der Waals surface area contributed by atoms with Crippen LogP contribution in [0.2, 0.25) is 0 Å². The fourth-order valence-electron chi connectivity index (χ4n) is 4.16. The molecule has 0 aliphatic carbocycles. The van der Waals surface area contributed by atoms with Crippen LogP contribution in [0.4, 0.5) is 5.69 Å². The molecule has 2 aromatic heterocycles. The number of benzene rings is 1. The summed E-state index contributed by atoms with van der Waals surface area (Å²) in [6.07, 6.45) is 4.16. The van der Waals surface area contributed by atoms with Gasteiger partial charge < -0.3 is 14.4 Å². The lowest BCUT2D eigenvalue weighted by atomic mass is 10.1. The molecule has 2 aliphatic rings. The first kappa shape index (κ1) is 19.9. The summed E-state index contributed by atoms with van der Waals surface area (Å²) in [6, 6.07) is 8.06. The maximum Gasteiger partial charge on any atom is 0.270 e. The third-order valence-corrected chi connectivity index (χ3v) is 5.96. The van der Waals surface area contributed by atoms with Crippen molar-refractivity contribution in [2.75, 3.05) is 44.3 Å². The first-order valence-corrected chi connectivity index (χ1v) is 10.6. The molecule has 2 aliphatic heterocycles. The van der Waals surface area contributed by atoms with Crippen molar-refractivity contribution in [1.82, 2.24) is 24.6 Å². The van der Waals surface area contributed by atoms with Crippen LogP contribution < -0.4 is 15.2 Å². The minimum atomic E-state index is -0.0281. The summed E-state index contributed by atoms with van der Waals surface area (Å²) < 4.78 is 12.9. The second-order valence-electron chi connectivity index (χ2n) is 8.03. The van der Waals surface area contributed by atoms with E-state index in [2.05, 4.69) is 37.0 Å². The third-order valence-electron chi connectivity index (χ3n) is 5.96. The molecule has 2 saturated heterocycles. The third kappa shape index (κ3) is 4.24. The Morgan fingerprint density at radius 1 is 1.16 bits per heavy atom. The molecule has 3 aromatic rings. The topological polar surface area (TPSA) is 85.6 Å². The zero-order valence-electron chi connectivity index (χ0n) is 17.6. The van der Waals surface area contributed by atoms with Crippen LogP contribution in [0.3, 0.4) is 0 Å². The van der Waals surface area contributed by atoms with Crippen LogP contribution in [0.1, 0.15) is 12.0 Å². The van der Waals surface area contributed by atoms with Gasteiger partial charge in [-0.2, -0.15) is 5.10 Å². The van der Waals surface area contributed by atoms with Crippen molar-refractivity contribution in [3.63, 3.8) is 0 Å². The van der Waals surface area contributed by atoms with Crippen LogP contribution in [0.25, 0.3) is 10.9 Å². The molecule has 1 unspecified atom stereocenters. The molecule has 0 N–H and O–H groups in total. The van der Waals surface area contributed by atoms with Crippen LogP contribution in [0, 0.1) is 0 Å². The molecule has 0 bridgehead atoms. The van der Waals surface area contributed by atoms with E-state index in [9.17, 15) is 4.79 Å². The first-order chi connectivity index (χ1) is 15.2. The molecule has 0 saturated carbocycles. The van der Waals surface area contributed by atoms with E-state index in [0.29, 0.717) is 19.0 Å². The van der Waals surface area contributed by atoms with Gasteiger partial charge in [0.15, 0.2) is 0 Å². The van der Waals surface area contributed by atoms with Crippen molar-refractivity contribution in [2.45, 2.75) is 19.1 Å². The summed E-state index contributed by atoms with van der Waals surface area (Å²) in [5.41, 5.74) is 2.76. The number of ether oxygens (including phenoxy) is 2. The Balaban J connectivity index is 1.29. The van der Waals surface area contributed by atoms with Crippen LogP contribution in [0.5, 0.6) is 5.88 Å². The molecule has 4 heterocycles. The van der Waals surface area contributed by atoms with Gasteiger partial charge in [-0.25, -0.2) is 14.6 Å². The summed E-state index contributed by atoms with van der Waals surface area (Å²) in [5, 5.41) is 4.92. The van der Waals surface area contributed by atoms with E-state index >= 15 is 0 Å². The highest BCUT2D eigenvalue weighted by Gasteiger charge is 2.21. The standard InChI is InChI=1S/C22H26N6O3/c1-26-22(29)16(4-6-25-26)13-27-7-9-28(10-8-27)17-2-3-20-19(12-17)21(24-15-23-20)31-18-5-11-30-14-18/h2-4,6,12,15,18H,5,7-11,13-14H2,1H3. The number of aromatic nitrogens is 4. The van der Waals surface area contributed by atoms with E-state index in [1.165, 1.54) is 4.68 Å². The normalized spacial score (nSPS) is 19.8. The van der Waals surface area contributed by atoms with Gasteiger partial charge >= 0.3 is 0 Å². The number of anilines is 1. The Labute approximate surface area is 180 Å². The molecule has 5 rings (SSSR count). The summed E-state index contributed by atoms with van der Waals surface area (Å²) in [6.45, 7) is 5.53. The van der Waals surface area contributed by atoms with Crippen molar-refractivity contribution in [3.8, 4) is 5.88 Å². The fraction of sp³-hybridized carbons (Fsp3) is 0.455. The molecule has 0 spiro atoms. The van der Waals surface area contributed by atoms with Gasteiger partial charge in [0.1, 0.15) is 12.4 Å². The molecule has 162 valence electrons. The van der Waals surface area contributed by atoms with Crippen molar-refractivity contribution in [2.24, 2.45) is 7.05 Å². The molecule has 9 nitrogen and oxygen atoms in total. The minimum absolute atomic E-state index is 0.0281. The highest BCUT2D eigenvalue weighted by Crippen LogP contribution is 2.29. The lowest BCUT2D eigenvalue weighted by Gasteiger charge is -2.36.